The third kappa shape index (κ3) is 1.99. The SMILES string of the molecule is CCCOCn1ccc2c(C)ncnc21. The van der Waals surface area contributed by atoms with Crippen LogP contribution >= 0.6 is 0 Å². The van der Waals surface area contributed by atoms with Gasteiger partial charge in [-0.05, 0) is 19.4 Å². The Kier molecular flexibility index (Phi) is 2.97. The number of fused-ring (bicyclic) bond motifs is 1. The van der Waals surface area contributed by atoms with Gasteiger partial charge in [0.1, 0.15) is 18.7 Å². The van der Waals surface area contributed by atoms with Gasteiger partial charge in [0.2, 0.25) is 0 Å². The van der Waals surface area contributed by atoms with E-state index in [4.69, 9.17) is 4.74 Å². The predicted molar refractivity (Wildman–Crippen MR) is 58.5 cm³/mol. The van der Waals surface area contributed by atoms with E-state index in [1.807, 2.05) is 23.8 Å². The van der Waals surface area contributed by atoms with Crippen LogP contribution in [0.15, 0.2) is 18.6 Å². The van der Waals surface area contributed by atoms with Crippen molar-refractivity contribution < 1.29 is 4.74 Å². The van der Waals surface area contributed by atoms with E-state index >= 15 is 0 Å². The van der Waals surface area contributed by atoms with Crippen LogP contribution in [0.4, 0.5) is 0 Å². The van der Waals surface area contributed by atoms with Crippen molar-refractivity contribution >= 4 is 11.0 Å². The molecule has 0 spiro atoms. The first-order valence-corrected chi connectivity index (χ1v) is 5.17. The van der Waals surface area contributed by atoms with Gasteiger partial charge < -0.3 is 9.30 Å². The summed E-state index contributed by atoms with van der Waals surface area (Å²) < 4.78 is 7.48. The molecule has 0 N–H and O–H groups in total. The lowest BCUT2D eigenvalue weighted by molar-refractivity contribution is 0.0800. The predicted octanol–water partition coefficient (Wildman–Crippen LogP) is 2.12. The number of nitrogens with zero attached hydrogens (tertiary/aromatic N) is 3. The Bertz CT molecular complexity index is 450. The zero-order chi connectivity index (χ0) is 10.7. The Balaban J connectivity index is 2.25. The lowest BCUT2D eigenvalue weighted by atomic mass is 10.3. The highest BCUT2D eigenvalue weighted by Crippen LogP contribution is 2.15. The zero-order valence-electron chi connectivity index (χ0n) is 9.10. The largest absolute Gasteiger partial charge is 0.361 e. The molecule has 0 unspecified atom stereocenters. The topological polar surface area (TPSA) is 39.9 Å². The molecule has 0 bridgehead atoms. The number of hydrogen-bond acceptors (Lipinski definition) is 3. The van der Waals surface area contributed by atoms with Crippen LogP contribution in [0.5, 0.6) is 0 Å². The summed E-state index contributed by atoms with van der Waals surface area (Å²) in [5.74, 6) is 0. The van der Waals surface area contributed by atoms with Gasteiger partial charge in [-0.3, -0.25) is 0 Å². The molecular formula is C11H15N3O. The van der Waals surface area contributed by atoms with Gasteiger partial charge in [-0.2, -0.15) is 0 Å². The maximum absolute atomic E-state index is 5.48. The van der Waals surface area contributed by atoms with Crippen LogP contribution in [0.25, 0.3) is 11.0 Å². The monoisotopic (exact) mass is 205 g/mol. The molecule has 0 saturated carbocycles. The third-order valence-corrected chi connectivity index (χ3v) is 2.33. The van der Waals surface area contributed by atoms with Gasteiger partial charge in [-0.15, -0.1) is 0 Å². The number of aromatic nitrogens is 3. The van der Waals surface area contributed by atoms with Crippen molar-refractivity contribution in [2.75, 3.05) is 6.61 Å². The summed E-state index contributed by atoms with van der Waals surface area (Å²) in [6.07, 6.45) is 4.61. The second-order valence-corrected chi connectivity index (χ2v) is 3.52. The van der Waals surface area contributed by atoms with Gasteiger partial charge >= 0.3 is 0 Å². The van der Waals surface area contributed by atoms with Crippen LogP contribution in [0.3, 0.4) is 0 Å². The molecule has 2 aromatic rings. The third-order valence-electron chi connectivity index (χ3n) is 2.33. The van der Waals surface area contributed by atoms with E-state index in [0.717, 1.165) is 29.8 Å². The Morgan fingerprint density at radius 3 is 3.07 bits per heavy atom. The van der Waals surface area contributed by atoms with Crippen LogP contribution in [0.2, 0.25) is 0 Å². The van der Waals surface area contributed by atoms with Crippen molar-refractivity contribution in [3.63, 3.8) is 0 Å². The first-order valence-electron chi connectivity index (χ1n) is 5.17. The zero-order valence-corrected chi connectivity index (χ0v) is 9.10. The van der Waals surface area contributed by atoms with E-state index in [9.17, 15) is 0 Å². The van der Waals surface area contributed by atoms with Gasteiger partial charge in [0.15, 0.2) is 0 Å². The van der Waals surface area contributed by atoms with E-state index in [1.54, 1.807) is 6.33 Å². The highest BCUT2D eigenvalue weighted by Gasteiger charge is 2.04. The summed E-state index contributed by atoms with van der Waals surface area (Å²) in [5.41, 5.74) is 1.95. The maximum atomic E-state index is 5.48. The molecule has 0 aliphatic heterocycles. The highest BCUT2D eigenvalue weighted by molar-refractivity contribution is 5.78. The molecule has 2 aromatic heterocycles. The van der Waals surface area contributed by atoms with Gasteiger partial charge in [-0.1, -0.05) is 6.92 Å². The van der Waals surface area contributed by atoms with E-state index in [-0.39, 0.29) is 0 Å². The molecular weight excluding hydrogens is 190 g/mol. The molecule has 0 amide bonds. The van der Waals surface area contributed by atoms with Crippen molar-refractivity contribution in [2.45, 2.75) is 27.0 Å². The van der Waals surface area contributed by atoms with Crippen LogP contribution in [-0.4, -0.2) is 21.1 Å². The minimum absolute atomic E-state index is 0.563. The summed E-state index contributed by atoms with van der Waals surface area (Å²) >= 11 is 0. The normalized spacial score (nSPS) is 11.1. The van der Waals surface area contributed by atoms with Crippen molar-refractivity contribution in [1.82, 2.24) is 14.5 Å². The molecule has 0 aromatic carbocycles. The minimum Gasteiger partial charge on any atom is -0.361 e. The molecule has 15 heavy (non-hydrogen) atoms. The Morgan fingerprint density at radius 2 is 2.27 bits per heavy atom. The molecule has 0 atom stereocenters. The van der Waals surface area contributed by atoms with Crippen molar-refractivity contribution in [1.29, 1.82) is 0 Å². The molecule has 0 radical (unpaired) electrons. The summed E-state index contributed by atoms with van der Waals surface area (Å²) in [5, 5.41) is 1.09. The Labute approximate surface area is 88.9 Å². The molecule has 2 rings (SSSR count). The summed E-state index contributed by atoms with van der Waals surface area (Å²) in [4.78, 5) is 8.40. The molecule has 0 aliphatic rings. The van der Waals surface area contributed by atoms with Gasteiger partial charge in [0.25, 0.3) is 0 Å². The van der Waals surface area contributed by atoms with Crippen LogP contribution in [-0.2, 0) is 11.5 Å². The minimum atomic E-state index is 0.563. The van der Waals surface area contributed by atoms with Crippen LogP contribution < -0.4 is 0 Å². The highest BCUT2D eigenvalue weighted by atomic mass is 16.5. The van der Waals surface area contributed by atoms with Crippen LogP contribution in [0.1, 0.15) is 19.0 Å². The van der Waals surface area contributed by atoms with Gasteiger partial charge in [-0.25, -0.2) is 9.97 Å². The second kappa shape index (κ2) is 4.40. The first-order chi connectivity index (χ1) is 7.33. The average molecular weight is 205 g/mol. The summed E-state index contributed by atoms with van der Waals surface area (Å²) in [6.45, 7) is 5.43. The average Bonchev–Trinajstić information content (AvgIpc) is 2.64. The fourth-order valence-electron chi connectivity index (χ4n) is 1.54. The van der Waals surface area contributed by atoms with Crippen molar-refractivity contribution in [3.8, 4) is 0 Å². The maximum Gasteiger partial charge on any atom is 0.145 e. The van der Waals surface area contributed by atoms with E-state index in [2.05, 4.69) is 16.9 Å². The molecule has 4 heteroatoms. The fraction of sp³-hybridized carbons (Fsp3) is 0.455. The standard InChI is InChI=1S/C11H15N3O/c1-3-6-15-8-14-5-4-10-9(2)12-7-13-11(10)14/h4-5,7H,3,6,8H2,1-2H3. The van der Waals surface area contributed by atoms with E-state index < -0.39 is 0 Å². The van der Waals surface area contributed by atoms with Gasteiger partial charge in [0.05, 0.1) is 5.69 Å². The molecule has 4 nitrogen and oxygen atoms in total. The van der Waals surface area contributed by atoms with E-state index in [1.165, 1.54) is 0 Å². The first kappa shape index (κ1) is 10.1. The van der Waals surface area contributed by atoms with Gasteiger partial charge in [0, 0.05) is 18.2 Å². The number of ether oxygens (including phenoxy) is 1. The lowest BCUT2D eigenvalue weighted by Crippen LogP contribution is -2.03. The molecule has 0 aliphatic carbocycles. The number of hydrogen-bond donors (Lipinski definition) is 0. The summed E-state index contributed by atoms with van der Waals surface area (Å²) in [7, 11) is 0. The fourth-order valence-corrected chi connectivity index (χ4v) is 1.54. The van der Waals surface area contributed by atoms with E-state index in [0.29, 0.717) is 6.73 Å². The number of aryl methyl sites for hydroxylation is 1. The molecule has 80 valence electrons. The molecule has 2 heterocycles. The Morgan fingerprint density at radius 1 is 1.40 bits per heavy atom. The van der Waals surface area contributed by atoms with Crippen LogP contribution in [0, 0.1) is 6.92 Å². The Hall–Kier alpha value is -1.42. The molecule has 0 saturated heterocycles. The smallest absolute Gasteiger partial charge is 0.145 e. The number of rotatable bonds is 4. The van der Waals surface area contributed by atoms with Crippen molar-refractivity contribution in [3.05, 3.63) is 24.3 Å². The molecule has 0 fully saturated rings. The van der Waals surface area contributed by atoms with Crippen molar-refractivity contribution in [2.24, 2.45) is 0 Å². The second-order valence-electron chi connectivity index (χ2n) is 3.52. The quantitative estimate of drug-likeness (QED) is 0.718. The summed E-state index contributed by atoms with van der Waals surface area (Å²) in [6, 6.07) is 2.03. The lowest BCUT2D eigenvalue weighted by Gasteiger charge is -2.05.